The van der Waals surface area contributed by atoms with Gasteiger partial charge < -0.3 is 10.2 Å². The van der Waals surface area contributed by atoms with Crippen molar-refractivity contribution in [3.63, 3.8) is 0 Å². The van der Waals surface area contributed by atoms with Gasteiger partial charge in [0.1, 0.15) is 12.6 Å². The Morgan fingerprint density at radius 1 is 0.947 bits per heavy atom. The molecule has 1 unspecified atom stereocenters. The van der Waals surface area contributed by atoms with Crippen LogP contribution in [0.3, 0.4) is 0 Å². The van der Waals surface area contributed by atoms with Gasteiger partial charge in [-0.05, 0) is 62.2 Å². The topological polar surface area (TPSA) is 86.8 Å². The van der Waals surface area contributed by atoms with E-state index in [2.05, 4.69) is 5.32 Å². The smallest absolute Gasteiger partial charge is 0.264 e. The van der Waals surface area contributed by atoms with Gasteiger partial charge in [0.2, 0.25) is 11.8 Å². The van der Waals surface area contributed by atoms with Crippen molar-refractivity contribution in [1.82, 2.24) is 10.2 Å². The van der Waals surface area contributed by atoms with Crippen LogP contribution < -0.4 is 9.62 Å². The SMILES string of the molecule is CCCCNC(=O)C(C)N(Cc1ccccc1)C(=O)CN(c1ccc(C)cc1)S(=O)(=O)c1ccc(Cl)cc1. The van der Waals surface area contributed by atoms with Crippen LogP contribution in [-0.2, 0) is 26.2 Å². The lowest BCUT2D eigenvalue weighted by molar-refractivity contribution is -0.139. The first-order chi connectivity index (χ1) is 18.1. The first kappa shape index (κ1) is 29.2. The van der Waals surface area contributed by atoms with Gasteiger partial charge in [-0.3, -0.25) is 13.9 Å². The molecule has 1 N–H and O–H groups in total. The van der Waals surface area contributed by atoms with E-state index in [1.54, 1.807) is 31.2 Å². The fourth-order valence-electron chi connectivity index (χ4n) is 3.87. The fraction of sp³-hybridized carbons (Fsp3) is 0.310. The summed E-state index contributed by atoms with van der Waals surface area (Å²) in [6.07, 6.45) is 1.75. The molecule has 1 atom stereocenters. The molecule has 0 heterocycles. The molecule has 0 fully saturated rings. The number of carbonyl (C=O) groups is 2. The molecule has 0 spiro atoms. The highest BCUT2D eigenvalue weighted by atomic mass is 35.5. The van der Waals surface area contributed by atoms with Crippen LogP contribution >= 0.6 is 11.6 Å². The molecule has 0 saturated heterocycles. The Bertz CT molecular complexity index is 1310. The number of aryl methyl sites for hydroxylation is 1. The number of unbranched alkanes of at least 4 members (excludes halogenated alkanes) is 1. The lowest BCUT2D eigenvalue weighted by Gasteiger charge is -2.32. The predicted octanol–water partition coefficient (Wildman–Crippen LogP) is 5.18. The second-order valence-corrected chi connectivity index (χ2v) is 11.4. The number of carbonyl (C=O) groups excluding carboxylic acids is 2. The monoisotopic (exact) mass is 555 g/mol. The minimum Gasteiger partial charge on any atom is -0.354 e. The van der Waals surface area contributed by atoms with Gasteiger partial charge in [-0.1, -0.05) is 73.0 Å². The Morgan fingerprint density at radius 3 is 2.18 bits per heavy atom. The average Bonchev–Trinajstić information content (AvgIpc) is 2.91. The highest BCUT2D eigenvalue weighted by molar-refractivity contribution is 7.92. The van der Waals surface area contributed by atoms with Crippen molar-refractivity contribution < 1.29 is 18.0 Å². The maximum Gasteiger partial charge on any atom is 0.264 e. The highest BCUT2D eigenvalue weighted by Crippen LogP contribution is 2.26. The summed E-state index contributed by atoms with van der Waals surface area (Å²) < 4.78 is 28.6. The molecule has 0 radical (unpaired) electrons. The van der Waals surface area contributed by atoms with Gasteiger partial charge in [-0.2, -0.15) is 0 Å². The quantitative estimate of drug-likeness (QED) is 0.312. The maximum absolute atomic E-state index is 13.8. The molecule has 7 nitrogen and oxygen atoms in total. The standard InChI is InChI=1S/C29H34ClN3O4S/c1-4-5-19-31-29(35)23(3)32(20-24-9-7-6-8-10-24)28(34)21-33(26-15-11-22(2)12-16-26)38(36,37)27-17-13-25(30)14-18-27/h6-18,23H,4-5,19-21H2,1-3H3,(H,31,35). The number of rotatable bonds is 12. The second kappa shape index (κ2) is 13.4. The van der Waals surface area contributed by atoms with Crippen LogP contribution in [0, 0.1) is 6.92 Å². The molecule has 0 bridgehead atoms. The minimum atomic E-state index is -4.12. The van der Waals surface area contributed by atoms with E-state index in [0.717, 1.165) is 28.3 Å². The minimum absolute atomic E-state index is 0.00948. The van der Waals surface area contributed by atoms with Gasteiger partial charge in [0, 0.05) is 18.1 Å². The zero-order chi connectivity index (χ0) is 27.7. The highest BCUT2D eigenvalue weighted by Gasteiger charge is 2.32. The van der Waals surface area contributed by atoms with Crippen LogP contribution in [0.1, 0.15) is 37.8 Å². The van der Waals surface area contributed by atoms with Crippen molar-refractivity contribution in [2.24, 2.45) is 0 Å². The van der Waals surface area contributed by atoms with Gasteiger partial charge in [0.15, 0.2) is 0 Å². The fourth-order valence-corrected chi connectivity index (χ4v) is 5.41. The molecule has 202 valence electrons. The lowest BCUT2D eigenvalue weighted by Crippen LogP contribution is -2.51. The molecule has 9 heteroatoms. The Kier molecular flexibility index (Phi) is 10.3. The van der Waals surface area contributed by atoms with Crippen molar-refractivity contribution in [3.05, 3.63) is 95.0 Å². The van der Waals surface area contributed by atoms with E-state index in [4.69, 9.17) is 11.6 Å². The Balaban J connectivity index is 1.97. The average molecular weight is 556 g/mol. The molecule has 0 aliphatic carbocycles. The van der Waals surface area contributed by atoms with E-state index < -0.39 is 28.5 Å². The molecular weight excluding hydrogens is 522 g/mol. The van der Waals surface area contributed by atoms with Crippen molar-refractivity contribution in [3.8, 4) is 0 Å². The van der Waals surface area contributed by atoms with E-state index in [0.29, 0.717) is 17.3 Å². The predicted molar refractivity (Wildman–Crippen MR) is 152 cm³/mol. The zero-order valence-corrected chi connectivity index (χ0v) is 23.5. The van der Waals surface area contributed by atoms with Crippen molar-refractivity contribution >= 4 is 39.1 Å². The first-order valence-corrected chi connectivity index (χ1v) is 14.4. The first-order valence-electron chi connectivity index (χ1n) is 12.6. The normalized spacial score (nSPS) is 12.0. The van der Waals surface area contributed by atoms with Gasteiger partial charge in [0.25, 0.3) is 10.0 Å². The number of sulfonamides is 1. The molecule has 3 rings (SSSR count). The van der Waals surface area contributed by atoms with Gasteiger partial charge in [0.05, 0.1) is 10.6 Å². The Labute approximate surface area is 230 Å². The summed E-state index contributed by atoms with van der Waals surface area (Å²) in [7, 11) is -4.12. The van der Waals surface area contributed by atoms with Gasteiger partial charge in [-0.25, -0.2) is 8.42 Å². The third kappa shape index (κ3) is 7.58. The lowest BCUT2D eigenvalue weighted by atomic mass is 10.1. The van der Waals surface area contributed by atoms with Crippen LogP contribution in [0.2, 0.25) is 5.02 Å². The number of nitrogens with one attached hydrogen (secondary N) is 1. The van der Waals surface area contributed by atoms with E-state index in [9.17, 15) is 18.0 Å². The molecular formula is C29H34ClN3O4S. The maximum atomic E-state index is 13.8. The number of halogens is 1. The van der Waals surface area contributed by atoms with Gasteiger partial charge in [-0.15, -0.1) is 0 Å². The molecule has 2 amide bonds. The summed E-state index contributed by atoms with van der Waals surface area (Å²) in [6, 6.07) is 21.2. The van der Waals surface area contributed by atoms with E-state index in [1.165, 1.54) is 29.2 Å². The Hall–Kier alpha value is -3.36. The van der Waals surface area contributed by atoms with Crippen LogP contribution in [0.5, 0.6) is 0 Å². The zero-order valence-electron chi connectivity index (χ0n) is 21.9. The summed E-state index contributed by atoms with van der Waals surface area (Å²) in [5.41, 5.74) is 2.13. The number of hydrogen-bond donors (Lipinski definition) is 1. The number of benzene rings is 3. The number of amides is 2. The largest absolute Gasteiger partial charge is 0.354 e. The molecule has 3 aromatic rings. The number of nitrogens with zero attached hydrogens (tertiary/aromatic N) is 2. The van der Waals surface area contributed by atoms with Crippen molar-refractivity contribution in [2.75, 3.05) is 17.4 Å². The second-order valence-electron chi connectivity index (χ2n) is 9.13. The summed E-state index contributed by atoms with van der Waals surface area (Å²) in [6.45, 7) is 5.77. The van der Waals surface area contributed by atoms with E-state index >= 15 is 0 Å². The molecule has 38 heavy (non-hydrogen) atoms. The van der Waals surface area contributed by atoms with Crippen molar-refractivity contribution in [1.29, 1.82) is 0 Å². The summed E-state index contributed by atoms with van der Waals surface area (Å²) in [5.74, 6) is -0.782. The van der Waals surface area contributed by atoms with Crippen LogP contribution in [0.25, 0.3) is 0 Å². The van der Waals surface area contributed by atoms with E-state index in [-0.39, 0.29) is 17.3 Å². The third-order valence-corrected chi connectivity index (χ3v) is 8.24. The van der Waals surface area contributed by atoms with Gasteiger partial charge >= 0.3 is 0 Å². The number of anilines is 1. The molecule has 3 aromatic carbocycles. The van der Waals surface area contributed by atoms with Crippen LogP contribution in [0.4, 0.5) is 5.69 Å². The molecule has 0 saturated carbocycles. The third-order valence-electron chi connectivity index (χ3n) is 6.20. The molecule has 0 aliphatic heterocycles. The van der Waals surface area contributed by atoms with E-state index in [1.807, 2.05) is 44.2 Å². The van der Waals surface area contributed by atoms with Crippen molar-refractivity contribution in [2.45, 2.75) is 51.1 Å². The van der Waals surface area contributed by atoms with Crippen LogP contribution in [0.15, 0.2) is 83.8 Å². The van der Waals surface area contributed by atoms with Crippen LogP contribution in [-0.4, -0.2) is 44.3 Å². The number of hydrogen-bond acceptors (Lipinski definition) is 4. The molecule has 0 aromatic heterocycles. The molecule has 0 aliphatic rings. The summed E-state index contributed by atoms with van der Waals surface area (Å²) >= 11 is 5.98. The summed E-state index contributed by atoms with van der Waals surface area (Å²) in [4.78, 5) is 28.2. The summed E-state index contributed by atoms with van der Waals surface area (Å²) in [5, 5.41) is 3.28. The Morgan fingerprint density at radius 2 is 1.58 bits per heavy atom.